The average Bonchev–Trinajstić information content (AvgIpc) is 2.38. The molecular weight excluding hydrogens is 292 g/mol. The van der Waals surface area contributed by atoms with Gasteiger partial charge < -0.3 is 4.90 Å². The normalized spacial score (nSPS) is 19.4. The van der Waals surface area contributed by atoms with Crippen molar-refractivity contribution >= 4 is 27.4 Å². The highest BCUT2D eigenvalue weighted by molar-refractivity contribution is 9.10. The molecule has 1 aliphatic heterocycles. The fourth-order valence-electron chi connectivity index (χ4n) is 2.33. The highest BCUT2D eigenvalue weighted by Gasteiger charge is 2.23. The summed E-state index contributed by atoms with van der Waals surface area (Å²) >= 11 is 3.40. The number of rotatable bonds is 2. The maximum Gasteiger partial charge on any atom is 0.134 e. The number of benzene rings is 1. The van der Waals surface area contributed by atoms with Gasteiger partial charge in [0.15, 0.2) is 0 Å². The lowest BCUT2D eigenvalue weighted by Gasteiger charge is -2.33. The van der Waals surface area contributed by atoms with Crippen molar-refractivity contribution in [1.82, 2.24) is 0 Å². The Labute approximate surface area is 116 Å². The summed E-state index contributed by atoms with van der Waals surface area (Å²) in [4.78, 5) is 13.7. The first-order valence-electron chi connectivity index (χ1n) is 6.07. The number of carbonyl (C=O) groups is 1. The van der Waals surface area contributed by atoms with Gasteiger partial charge in [0.2, 0.25) is 0 Å². The maximum absolute atomic E-state index is 11.5. The summed E-state index contributed by atoms with van der Waals surface area (Å²) < 4.78 is 0.812. The number of nitrogens with zero attached hydrogens (tertiary/aromatic N) is 2. The molecule has 0 saturated carbocycles. The molecule has 1 unspecified atom stereocenters. The van der Waals surface area contributed by atoms with E-state index in [1.807, 2.05) is 18.2 Å². The molecule has 0 aliphatic carbocycles. The molecule has 0 spiro atoms. The first kappa shape index (κ1) is 13.1. The molecule has 18 heavy (non-hydrogen) atoms. The van der Waals surface area contributed by atoms with Crippen LogP contribution in [0.1, 0.15) is 25.3 Å². The molecule has 1 aromatic rings. The van der Waals surface area contributed by atoms with E-state index in [9.17, 15) is 4.79 Å². The molecule has 1 saturated heterocycles. The second-order valence-electron chi connectivity index (χ2n) is 4.67. The van der Waals surface area contributed by atoms with Crippen molar-refractivity contribution in [3.8, 4) is 6.07 Å². The van der Waals surface area contributed by atoms with Crippen molar-refractivity contribution in [2.24, 2.45) is 5.92 Å². The van der Waals surface area contributed by atoms with Gasteiger partial charge in [-0.25, -0.2) is 0 Å². The van der Waals surface area contributed by atoms with E-state index in [2.05, 4.69) is 26.9 Å². The third kappa shape index (κ3) is 2.73. The number of halogens is 1. The topological polar surface area (TPSA) is 44.1 Å². The lowest BCUT2D eigenvalue weighted by atomic mass is 9.94. The number of anilines is 1. The van der Waals surface area contributed by atoms with Crippen LogP contribution < -0.4 is 4.90 Å². The van der Waals surface area contributed by atoms with Gasteiger partial charge in [-0.3, -0.25) is 4.79 Å². The largest absolute Gasteiger partial charge is 0.371 e. The smallest absolute Gasteiger partial charge is 0.134 e. The molecular formula is C14H15BrN2O. The van der Waals surface area contributed by atoms with Crippen LogP contribution in [0.5, 0.6) is 0 Å². The van der Waals surface area contributed by atoms with Gasteiger partial charge in [0, 0.05) is 29.2 Å². The number of nitriles is 1. The second-order valence-corrected chi connectivity index (χ2v) is 5.53. The van der Waals surface area contributed by atoms with E-state index in [0.29, 0.717) is 5.56 Å². The molecule has 0 radical (unpaired) electrons. The van der Waals surface area contributed by atoms with Gasteiger partial charge in [-0.05, 0) is 53.9 Å². The number of carbonyl (C=O) groups excluding carboxylic acids is 1. The minimum atomic E-state index is 0.146. The summed E-state index contributed by atoms with van der Waals surface area (Å²) in [7, 11) is 0. The molecule has 3 nitrogen and oxygen atoms in total. The third-order valence-electron chi connectivity index (χ3n) is 3.43. The summed E-state index contributed by atoms with van der Waals surface area (Å²) in [6.45, 7) is 3.43. The Morgan fingerprint density at radius 1 is 1.56 bits per heavy atom. The zero-order valence-electron chi connectivity index (χ0n) is 10.3. The molecule has 1 heterocycles. The van der Waals surface area contributed by atoms with Crippen LogP contribution in [0.25, 0.3) is 0 Å². The summed E-state index contributed by atoms with van der Waals surface area (Å²) in [5, 5.41) is 8.90. The Bertz CT molecular complexity index is 507. The number of Topliss-reactive ketones (excluding diaryl/α,β-unsaturated/α-hetero) is 1. The average molecular weight is 307 g/mol. The fourth-order valence-corrected chi connectivity index (χ4v) is 2.79. The highest BCUT2D eigenvalue weighted by Crippen LogP contribution is 2.27. The number of hydrogen-bond donors (Lipinski definition) is 0. The molecule has 4 heteroatoms. The Morgan fingerprint density at radius 3 is 2.94 bits per heavy atom. The molecule has 0 aromatic heterocycles. The molecule has 1 aromatic carbocycles. The summed E-state index contributed by atoms with van der Waals surface area (Å²) in [6, 6.07) is 7.86. The van der Waals surface area contributed by atoms with Crippen LogP contribution in [0.2, 0.25) is 0 Å². The van der Waals surface area contributed by atoms with E-state index in [0.717, 1.165) is 36.1 Å². The summed E-state index contributed by atoms with van der Waals surface area (Å²) in [6.07, 6.45) is 2.03. The Balaban J connectivity index is 2.19. The Hall–Kier alpha value is -1.34. The van der Waals surface area contributed by atoms with E-state index in [4.69, 9.17) is 5.26 Å². The van der Waals surface area contributed by atoms with Crippen LogP contribution in [0.3, 0.4) is 0 Å². The van der Waals surface area contributed by atoms with Crippen LogP contribution in [0.4, 0.5) is 5.69 Å². The molecule has 1 atom stereocenters. The summed E-state index contributed by atoms with van der Waals surface area (Å²) in [5.41, 5.74) is 1.71. The number of ketones is 1. The minimum absolute atomic E-state index is 0.146. The fraction of sp³-hybridized carbons (Fsp3) is 0.429. The van der Waals surface area contributed by atoms with E-state index in [1.54, 1.807) is 6.92 Å². The van der Waals surface area contributed by atoms with Crippen LogP contribution in [0.15, 0.2) is 22.7 Å². The van der Waals surface area contributed by atoms with Crippen molar-refractivity contribution < 1.29 is 4.79 Å². The predicted octanol–water partition coefficient (Wildman–Crippen LogP) is 3.13. The lowest BCUT2D eigenvalue weighted by molar-refractivity contribution is -0.120. The molecule has 1 fully saturated rings. The van der Waals surface area contributed by atoms with Crippen LogP contribution in [-0.2, 0) is 4.79 Å². The zero-order chi connectivity index (χ0) is 13.1. The van der Waals surface area contributed by atoms with Gasteiger partial charge in [0.05, 0.1) is 5.56 Å². The van der Waals surface area contributed by atoms with Crippen molar-refractivity contribution in [2.45, 2.75) is 19.8 Å². The SMILES string of the molecule is CC(=O)C1CCCN(c2ccc(C#N)c(Br)c2)C1. The van der Waals surface area contributed by atoms with Gasteiger partial charge >= 0.3 is 0 Å². The van der Waals surface area contributed by atoms with E-state index >= 15 is 0 Å². The molecule has 1 aliphatic rings. The third-order valence-corrected chi connectivity index (χ3v) is 4.09. The van der Waals surface area contributed by atoms with Crippen molar-refractivity contribution in [2.75, 3.05) is 18.0 Å². The van der Waals surface area contributed by atoms with E-state index in [-0.39, 0.29) is 11.7 Å². The molecule has 2 rings (SSSR count). The number of piperidine rings is 1. The zero-order valence-corrected chi connectivity index (χ0v) is 11.9. The van der Waals surface area contributed by atoms with E-state index in [1.165, 1.54) is 0 Å². The van der Waals surface area contributed by atoms with Crippen molar-refractivity contribution in [1.29, 1.82) is 5.26 Å². The second kappa shape index (κ2) is 5.53. The first-order chi connectivity index (χ1) is 8.61. The summed E-state index contributed by atoms with van der Waals surface area (Å²) in [5.74, 6) is 0.417. The van der Waals surface area contributed by atoms with Gasteiger partial charge in [-0.1, -0.05) is 0 Å². The van der Waals surface area contributed by atoms with Gasteiger partial charge in [0.25, 0.3) is 0 Å². The standard InChI is InChI=1S/C14H15BrN2O/c1-10(18)12-3-2-6-17(9-12)13-5-4-11(8-16)14(15)7-13/h4-5,7,12H,2-3,6,9H2,1H3. The van der Waals surface area contributed by atoms with E-state index < -0.39 is 0 Å². The predicted molar refractivity (Wildman–Crippen MR) is 74.5 cm³/mol. The first-order valence-corrected chi connectivity index (χ1v) is 6.86. The number of hydrogen-bond acceptors (Lipinski definition) is 3. The van der Waals surface area contributed by atoms with Crippen molar-refractivity contribution in [3.05, 3.63) is 28.2 Å². The monoisotopic (exact) mass is 306 g/mol. The van der Waals surface area contributed by atoms with Crippen LogP contribution >= 0.6 is 15.9 Å². The lowest BCUT2D eigenvalue weighted by Crippen LogP contribution is -2.38. The Morgan fingerprint density at radius 2 is 2.33 bits per heavy atom. The van der Waals surface area contributed by atoms with Gasteiger partial charge in [-0.15, -0.1) is 0 Å². The molecule has 0 amide bonds. The van der Waals surface area contributed by atoms with Gasteiger partial charge in [-0.2, -0.15) is 5.26 Å². The van der Waals surface area contributed by atoms with Crippen LogP contribution in [-0.4, -0.2) is 18.9 Å². The van der Waals surface area contributed by atoms with Crippen LogP contribution in [0, 0.1) is 17.2 Å². The maximum atomic E-state index is 11.5. The molecule has 94 valence electrons. The Kier molecular flexibility index (Phi) is 4.03. The van der Waals surface area contributed by atoms with Crippen molar-refractivity contribution in [3.63, 3.8) is 0 Å². The highest BCUT2D eigenvalue weighted by atomic mass is 79.9. The quantitative estimate of drug-likeness (QED) is 0.843. The molecule has 0 N–H and O–H groups in total. The van der Waals surface area contributed by atoms with Gasteiger partial charge in [0.1, 0.15) is 11.9 Å². The molecule has 0 bridgehead atoms. The minimum Gasteiger partial charge on any atom is -0.371 e.